The topological polar surface area (TPSA) is 17.0 Å². The highest BCUT2D eigenvalue weighted by atomic mass is 15.0. The van der Waals surface area contributed by atoms with Crippen LogP contribution in [0.3, 0.4) is 0 Å². The smallest absolute Gasteiger partial charge is 0.0560 e. The van der Waals surface area contributed by atoms with Gasteiger partial charge >= 0.3 is 0 Å². The highest BCUT2D eigenvalue weighted by molar-refractivity contribution is 5.91. The molecule has 2 aliphatic rings. The molecule has 2 nitrogen and oxygen atoms in total. The first-order valence-corrected chi connectivity index (χ1v) is 7.55. The molecular formula is C19H16N2. The summed E-state index contributed by atoms with van der Waals surface area (Å²) in [5.41, 5.74) is 6.84. The van der Waals surface area contributed by atoms with Gasteiger partial charge in [0.1, 0.15) is 0 Å². The van der Waals surface area contributed by atoms with Crippen molar-refractivity contribution in [3.05, 3.63) is 65.7 Å². The molecule has 1 saturated heterocycles. The lowest BCUT2D eigenvalue weighted by Crippen LogP contribution is -2.14. The van der Waals surface area contributed by atoms with E-state index < -0.39 is 0 Å². The molecule has 0 amide bonds. The summed E-state index contributed by atoms with van der Waals surface area (Å²) in [6.45, 7) is 1.07. The van der Waals surface area contributed by atoms with E-state index in [0.29, 0.717) is 6.04 Å². The average Bonchev–Trinajstić information content (AvgIpc) is 3.10. The fourth-order valence-corrected chi connectivity index (χ4v) is 3.76. The number of rotatable bonds is 0. The number of hydrogen-bond donors (Lipinski definition) is 1. The second-order valence-electron chi connectivity index (χ2n) is 5.89. The summed E-state index contributed by atoms with van der Waals surface area (Å²) >= 11 is 0. The lowest BCUT2D eigenvalue weighted by molar-refractivity contribution is 0.711. The molecule has 0 saturated carbocycles. The summed E-state index contributed by atoms with van der Waals surface area (Å²) in [5, 5.41) is 4.95. The standard InChI is InChI=1S/C19H16N2/c1-4-8-17-13(5-1)11-18-15-6-2-3-7-16(15)19-14(9-10-20-19)12-21(17)18/h1-8,11-12,19-20H,9-10H2. The molecule has 102 valence electrons. The number of fused-ring (bicyclic) bond motifs is 7. The quantitative estimate of drug-likeness (QED) is 0.649. The molecule has 0 aliphatic carbocycles. The van der Waals surface area contributed by atoms with Crippen molar-refractivity contribution in [2.24, 2.45) is 0 Å². The summed E-state index contributed by atoms with van der Waals surface area (Å²) in [4.78, 5) is 0. The van der Waals surface area contributed by atoms with E-state index in [1.165, 1.54) is 33.3 Å². The molecule has 5 rings (SSSR count). The van der Waals surface area contributed by atoms with Gasteiger partial charge in [0.25, 0.3) is 0 Å². The van der Waals surface area contributed by atoms with Crippen LogP contribution in [0.2, 0.25) is 0 Å². The van der Waals surface area contributed by atoms with Crippen molar-refractivity contribution < 1.29 is 0 Å². The molecule has 1 N–H and O–H groups in total. The predicted octanol–water partition coefficient (Wildman–Crippen LogP) is 4.20. The van der Waals surface area contributed by atoms with Gasteiger partial charge in [0.15, 0.2) is 0 Å². The van der Waals surface area contributed by atoms with E-state index in [0.717, 1.165) is 13.0 Å². The van der Waals surface area contributed by atoms with Crippen LogP contribution < -0.4 is 5.32 Å². The number of para-hydroxylation sites is 1. The fourth-order valence-electron chi connectivity index (χ4n) is 3.76. The Balaban J connectivity index is 1.93. The van der Waals surface area contributed by atoms with Gasteiger partial charge in [-0.3, -0.25) is 0 Å². The minimum atomic E-state index is 0.375. The lowest BCUT2D eigenvalue weighted by atomic mass is 9.95. The molecule has 3 heterocycles. The second-order valence-corrected chi connectivity index (χ2v) is 5.89. The SMILES string of the molecule is C1=C2CCNC2c2ccccc2-c2cc3ccccc3n21. The zero-order valence-electron chi connectivity index (χ0n) is 11.7. The molecule has 1 unspecified atom stereocenters. The maximum atomic E-state index is 3.65. The summed E-state index contributed by atoms with van der Waals surface area (Å²) in [7, 11) is 0. The van der Waals surface area contributed by atoms with Gasteiger partial charge < -0.3 is 9.88 Å². The third-order valence-electron chi connectivity index (χ3n) is 4.72. The number of nitrogens with zero attached hydrogens (tertiary/aromatic N) is 1. The third kappa shape index (κ3) is 1.51. The minimum absolute atomic E-state index is 0.375. The van der Waals surface area contributed by atoms with E-state index in [2.05, 4.69) is 70.7 Å². The van der Waals surface area contributed by atoms with Crippen molar-refractivity contribution in [2.45, 2.75) is 12.5 Å². The largest absolute Gasteiger partial charge is 0.316 e. The molecule has 1 atom stereocenters. The Morgan fingerprint density at radius 2 is 1.86 bits per heavy atom. The molecule has 21 heavy (non-hydrogen) atoms. The van der Waals surface area contributed by atoms with Gasteiger partial charge in [-0.2, -0.15) is 0 Å². The predicted molar refractivity (Wildman–Crippen MR) is 87.0 cm³/mol. The first-order chi connectivity index (χ1) is 10.4. The van der Waals surface area contributed by atoms with Gasteiger partial charge in [-0.05, 0) is 36.2 Å². The molecule has 2 heteroatoms. The van der Waals surface area contributed by atoms with Crippen molar-refractivity contribution in [3.8, 4) is 11.3 Å². The van der Waals surface area contributed by atoms with Crippen molar-refractivity contribution in [3.63, 3.8) is 0 Å². The fraction of sp³-hybridized carbons (Fsp3) is 0.158. The number of nitrogens with one attached hydrogen (secondary N) is 1. The van der Waals surface area contributed by atoms with Crippen LogP contribution in [-0.2, 0) is 0 Å². The first-order valence-electron chi connectivity index (χ1n) is 7.55. The molecule has 1 aromatic heterocycles. The zero-order chi connectivity index (χ0) is 13.8. The monoisotopic (exact) mass is 272 g/mol. The normalized spacial score (nSPS) is 19.6. The maximum Gasteiger partial charge on any atom is 0.0560 e. The Bertz CT molecular complexity index is 885. The molecular weight excluding hydrogens is 256 g/mol. The molecule has 2 aliphatic heterocycles. The molecule has 2 aromatic carbocycles. The van der Waals surface area contributed by atoms with E-state index in [1.54, 1.807) is 0 Å². The van der Waals surface area contributed by atoms with Crippen LogP contribution >= 0.6 is 0 Å². The minimum Gasteiger partial charge on any atom is -0.316 e. The lowest BCUT2D eigenvalue weighted by Gasteiger charge is -2.14. The van der Waals surface area contributed by atoms with Gasteiger partial charge in [0.2, 0.25) is 0 Å². The number of aromatic nitrogens is 1. The van der Waals surface area contributed by atoms with Crippen molar-refractivity contribution in [1.29, 1.82) is 0 Å². The summed E-state index contributed by atoms with van der Waals surface area (Å²) < 4.78 is 2.37. The third-order valence-corrected chi connectivity index (χ3v) is 4.72. The maximum absolute atomic E-state index is 3.65. The first kappa shape index (κ1) is 11.4. The molecule has 0 bridgehead atoms. The zero-order valence-corrected chi connectivity index (χ0v) is 11.7. The van der Waals surface area contributed by atoms with Crippen LogP contribution in [0.15, 0.2) is 60.2 Å². The number of hydrogen-bond acceptors (Lipinski definition) is 1. The number of benzene rings is 2. The van der Waals surface area contributed by atoms with E-state index in [9.17, 15) is 0 Å². The Labute approximate surface area is 123 Å². The summed E-state index contributed by atoms with van der Waals surface area (Å²) in [6.07, 6.45) is 3.48. The summed E-state index contributed by atoms with van der Waals surface area (Å²) in [5.74, 6) is 0. The van der Waals surface area contributed by atoms with Crippen LogP contribution in [-0.4, -0.2) is 11.1 Å². The summed E-state index contributed by atoms with van der Waals surface area (Å²) in [6, 6.07) is 20.1. The van der Waals surface area contributed by atoms with Gasteiger partial charge in [-0.1, -0.05) is 42.5 Å². The van der Waals surface area contributed by atoms with Crippen molar-refractivity contribution in [1.82, 2.24) is 9.88 Å². The van der Waals surface area contributed by atoms with Crippen LogP contribution in [0, 0.1) is 0 Å². The molecule has 1 fully saturated rings. The van der Waals surface area contributed by atoms with Crippen LogP contribution in [0.4, 0.5) is 0 Å². The highest BCUT2D eigenvalue weighted by Gasteiger charge is 2.28. The van der Waals surface area contributed by atoms with Crippen molar-refractivity contribution in [2.75, 3.05) is 6.54 Å². The van der Waals surface area contributed by atoms with Gasteiger partial charge in [0.05, 0.1) is 17.3 Å². The van der Waals surface area contributed by atoms with Gasteiger partial charge in [-0.15, -0.1) is 0 Å². The van der Waals surface area contributed by atoms with E-state index in [-0.39, 0.29) is 0 Å². The van der Waals surface area contributed by atoms with Crippen LogP contribution in [0.25, 0.3) is 28.4 Å². The van der Waals surface area contributed by atoms with E-state index in [4.69, 9.17) is 0 Å². The Morgan fingerprint density at radius 1 is 1.00 bits per heavy atom. The Morgan fingerprint density at radius 3 is 2.86 bits per heavy atom. The van der Waals surface area contributed by atoms with E-state index >= 15 is 0 Å². The Hall–Kier alpha value is -2.32. The second kappa shape index (κ2) is 4.09. The Kier molecular flexibility index (Phi) is 2.21. The van der Waals surface area contributed by atoms with Gasteiger partial charge in [-0.25, -0.2) is 0 Å². The molecule has 0 spiro atoms. The molecule has 0 radical (unpaired) electrons. The van der Waals surface area contributed by atoms with Gasteiger partial charge in [0, 0.05) is 17.1 Å². The van der Waals surface area contributed by atoms with Crippen LogP contribution in [0.1, 0.15) is 18.0 Å². The van der Waals surface area contributed by atoms with E-state index in [1.807, 2.05) is 0 Å². The van der Waals surface area contributed by atoms with Crippen molar-refractivity contribution >= 4 is 17.1 Å². The van der Waals surface area contributed by atoms with Crippen LogP contribution in [0.5, 0.6) is 0 Å². The highest BCUT2D eigenvalue weighted by Crippen LogP contribution is 2.41. The molecule has 3 aromatic rings. The average molecular weight is 272 g/mol.